The number of aliphatic hydroxyl groups is 1. The zero-order valence-corrected chi connectivity index (χ0v) is 23.1. The minimum atomic E-state index is -0.764. The number of methoxy groups -OCH3 is 2. The van der Waals surface area contributed by atoms with E-state index in [1.54, 1.807) is 19.1 Å². The number of aliphatic hydroxyl groups excluding tert-OH is 1. The Morgan fingerprint density at radius 1 is 1.09 bits per heavy atom. The van der Waals surface area contributed by atoms with Gasteiger partial charge in [-0.2, -0.15) is 0 Å². The Labute approximate surface area is 213 Å². The summed E-state index contributed by atoms with van der Waals surface area (Å²) in [5.74, 6) is 2.18. The molecule has 0 saturated carbocycles. The maximum atomic E-state index is 12.6. The lowest BCUT2D eigenvalue weighted by Crippen LogP contribution is -2.48. The fourth-order valence-corrected chi connectivity index (χ4v) is 4.16. The molecule has 3 atom stereocenters. The van der Waals surface area contributed by atoms with Crippen LogP contribution in [0.3, 0.4) is 0 Å². The summed E-state index contributed by atoms with van der Waals surface area (Å²) >= 11 is 0. The normalized spacial score (nSPS) is 14.1. The highest BCUT2D eigenvalue weighted by atomic mass is 16.5. The van der Waals surface area contributed by atoms with Crippen molar-refractivity contribution in [1.29, 1.82) is 0 Å². The SMILES string of the molecule is CCCCC(=O)N(C[C@H](O)[C@@H](N)C[C@H](Cc1ccc(OC)c(OCCCOC)c1)C(C)C)C(C)C. The number of amides is 1. The lowest BCUT2D eigenvalue weighted by atomic mass is 9.83. The monoisotopic (exact) mass is 494 g/mol. The van der Waals surface area contributed by atoms with Gasteiger partial charge in [0.2, 0.25) is 5.91 Å². The average Bonchev–Trinajstić information content (AvgIpc) is 2.82. The predicted octanol–water partition coefficient (Wildman–Crippen LogP) is 4.43. The number of ether oxygens (including phenoxy) is 3. The predicted molar refractivity (Wildman–Crippen MR) is 142 cm³/mol. The molecule has 0 saturated heterocycles. The summed E-state index contributed by atoms with van der Waals surface area (Å²) in [5.41, 5.74) is 7.63. The highest BCUT2D eigenvalue weighted by Gasteiger charge is 2.27. The highest BCUT2D eigenvalue weighted by molar-refractivity contribution is 5.76. The Morgan fingerprint density at radius 3 is 2.37 bits per heavy atom. The number of carbonyl (C=O) groups excluding carboxylic acids is 1. The maximum absolute atomic E-state index is 12.6. The molecule has 0 aliphatic heterocycles. The topological polar surface area (TPSA) is 94.3 Å². The molecular formula is C28H50N2O5. The van der Waals surface area contributed by atoms with E-state index < -0.39 is 12.1 Å². The molecule has 1 aromatic rings. The Hall–Kier alpha value is -1.83. The first-order valence-corrected chi connectivity index (χ1v) is 13.2. The molecule has 7 heteroatoms. The third-order valence-electron chi connectivity index (χ3n) is 6.56. The minimum absolute atomic E-state index is 0.0312. The molecule has 3 N–H and O–H groups in total. The molecule has 35 heavy (non-hydrogen) atoms. The molecule has 0 heterocycles. The van der Waals surface area contributed by atoms with Crippen LogP contribution in [-0.4, -0.2) is 68.1 Å². The van der Waals surface area contributed by atoms with E-state index in [1.165, 1.54) is 0 Å². The van der Waals surface area contributed by atoms with Crippen LogP contribution in [0.5, 0.6) is 11.5 Å². The second-order valence-electron chi connectivity index (χ2n) is 10.1. The van der Waals surface area contributed by atoms with E-state index in [9.17, 15) is 9.90 Å². The Kier molecular flexibility index (Phi) is 15.0. The van der Waals surface area contributed by atoms with Crippen molar-refractivity contribution in [3.05, 3.63) is 23.8 Å². The van der Waals surface area contributed by atoms with Gasteiger partial charge in [0.1, 0.15) is 0 Å². The molecule has 0 aliphatic rings. The van der Waals surface area contributed by atoms with Gasteiger partial charge in [0, 0.05) is 45.2 Å². The van der Waals surface area contributed by atoms with Crippen molar-refractivity contribution in [3.63, 3.8) is 0 Å². The molecular weight excluding hydrogens is 444 g/mol. The molecule has 202 valence electrons. The van der Waals surface area contributed by atoms with Crippen LogP contribution in [0.2, 0.25) is 0 Å². The van der Waals surface area contributed by atoms with Crippen molar-refractivity contribution in [3.8, 4) is 11.5 Å². The number of carbonyl (C=O) groups is 1. The van der Waals surface area contributed by atoms with E-state index in [1.807, 2.05) is 26.0 Å². The second kappa shape index (κ2) is 16.8. The summed E-state index contributed by atoms with van der Waals surface area (Å²) in [6.07, 6.45) is 3.88. The summed E-state index contributed by atoms with van der Waals surface area (Å²) in [5, 5.41) is 10.9. The molecule has 0 spiro atoms. The van der Waals surface area contributed by atoms with Crippen LogP contribution in [-0.2, 0) is 16.0 Å². The molecule has 1 amide bonds. The summed E-state index contributed by atoms with van der Waals surface area (Å²) in [7, 11) is 3.32. The van der Waals surface area contributed by atoms with Crippen molar-refractivity contribution in [2.45, 2.75) is 91.3 Å². The summed E-state index contributed by atoms with van der Waals surface area (Å²) < 4.78 is 16.5. The lowest BCUT2D eigenvalue weighted by Gasteiger charge is -2.33. The van der Waals surface area contributed by atoms with E-state index in [-0.39, 0.29) is 24.4 Å². The van der Waals surface area contributed by atoms with Gasteiger partial charge in [0.25, 0.3) is 0 Å². The van der Waals surface area contributed by atoms with Gasteiger partial charge in [-0.25, -0.2) is 0 Å². The van der Waals surface area contributed by atoms with Crippen LogP contribution in [0, 0.1) is 11.8 Å². The Bertz CT molecular complexity index is 725. The number of benzene rings is 1. The van der Waals surface area contributed by atoms with Crippen LogP contribution >= 0.6 is 0 Å². The van der Waals surface area contributed by atoms with Gasteiger partial charge in [-0.3, -0.25) is 4.79 Å². The van der Waals surface area contributed by atoms with Gasteiger partial charge in [-0.1, -0.05) is 33.3 Å². The maximum Gasteiger partial charge on any atom is 0.222 e. The Morgan fingerprint density at radius 2 is 1.80 bits per heavy atom. The van der Waals surface area contributed by atoms with Crippen molar-refractivity contribution in [2.24, 2.45) is 17.6 Å². The zero-order valence-electron chi connectivity index (χ0n) is 23.1. The molecule has 0 unspecified atom stereocenters. The van der Waals surface area contributed by atoms with E-state index in [0.29, 0.717) is 37.7 Å². The van der Waals surface area contributed by atoms with E-state index in [2.05, 4.69) is 26.8 Å². The largest absolute Gasteiger partial charge is 0.493 e. The summed E-state index contributed by atoms with van der Waals surface area (Å²) in [6, 6.07) is 5.66. The smallest absolute Gasteiger partial charge is 0.222 e. The van der Waals surface area contributed by atoms with Gasteiger partial charge in [0.15, 0.2) is 11.5 Å². The number of hydrogen-bond donors (Lipinski definition) is 2. The fourth-order valence-electron chi connectivity index (χ4n) is 4.16. The molecule has 0 fully saturated rings. The van der Waals surface area contributed by atoms with Gasteiger partial charge >= 0.3 is 0 Å². The van der Waals surface area contributed by atoms with Gasteiger partial charge in [-0.15, -0.1) is 0 Å². The summed E-state index contributed by atoms with van der Waals surface area (Å²) in [4.78, 5) is 14.4. The van der Waals surface area contributed by atoms with Gasteiger partial charge in [0.05, 0.1) is 19.8 Å². The number of unbranched alkanes of at least 4 members (excludes halogenated alkanes) is 1. The number of nitrogens with two attached hydrogens (primary N) is 1. The quantitative estimate of drug-likeness (QED) is 0.293. The first-order chi connectivity index (χ1) is 16.6. The first kappa shape index (κ1) is 31.2. The first-order valence-electron chi connectivity index (χ1n) is 13.2. The van der Waals surface area contributed by atoms with Crippen LogP contribution in [0.15, 0.2) is 18.2 Å². The molecule has 1 aromatic carbocycles. The van der Waals surface area contributed by atoms with Crippen molar-refractivity contribution in [2.75, 3.05) is 34.0 Å². The number of rotatable bonds is 18. The fraction of sp³-hybridized carbons (Fsp3) is 0.750. The van der Waals surface area contributed by atoms with Crippen LogP contribution in [0.4, 0.5) is 0 Å². The van der Waals surface area contributed by atoms with Crippen LogP contribution < -0.4 is 15.2 Å². The molecule has 0 bridgehead atoms. The van der Waals surface area contributed by atoms with Crippen molar-refractivity contribution >= 4 is 5.91 Å². The highest BCUT2D eigenvalue weighted by Crippen LogP contribution is 2.31. The van der Waals surface area contributed by atoms with Crippen LogP contribution in [0.25, 0.3) is 0 Å². The van der Waals surface area contributed by atoms with Crippen molar-refractivity contribution in [1.82, 2.24) is 4.90 Å². The molecule has 7 nitrogen and oxygen atoms in total. The van der Waals surface area contributed by atoms with E-state index in [0.717, 1.165) is 37.0 Å². The molecule has 1 rings (SSSR count). The van der Waals surface area contributed by atoms with Gasteiger partial charge < -0.3 is 30.0 Å². The summed E-state index contributed by atoms with van der Waals surface area (Å²) in [6.45, 7) is 11.9. The Balaban J connectivity index is 2.84. The third-order valence-corrected chi connectivity index (χ3v) is 6.56. The number of nitrogens with zero attached hydrogens (tertiary/aromatic N) is 1. The molecule has 0 radical (unpaired) electrons. The lowest BCUT2D eigenvalue weighted by molar-refractivity contribution is -0.134. The average molecular weight is 495 g/mol. The number of hydrogen-bond acceptors (Lipinski definition) is 6. The van der Waals surface area contributed by atoms with Gasteiger partial charge in [-0.05, 0) is 62.6 Å². The van der Waals surface area contributed by atoms with Crippen LogP contribution in [0.1, 0.15) is 72.3 Å². The second-order valence-corrected chi connectivity index (χ2v) is 10.1. The molecule has 0 aromatic heterocycles. The molecule has 0 aliphatic carbocycles. The van der Waals surface area contributed by atoms with Crippen molar-refractivity contribution < 1.29 is 24.1 Å². The zero-order chi connectivity index (χ0) is 26.4. The standard InChI is InChI=1S/C28H50N2O5/c1-8-9-11-28(32)30(21(4)5)19-25(31)24(29)18-23(20(2)3)16-22-12-13-26(34-7)27(17-22)35-15-10-14-33-6/h12-13,17,20-21,23-25,31H,8-11,14-16,18-19,29H2,1-7H3/t23-,24-,25-/m0/s1. The minimum Gasteiger partial charge on any atom is -0.493 e. The van der Waals surface area contributed by atoms with E-state index in [4.69, 9.17) is 19.9 Å². The van der Waals surface area contributed by atoms with E-state index >= 15 is 0 Å². The third kappa shape index (κ3) is 11.2.